The summed E-state index contributed by atoms with van der Waals surface area (Å²) >= 11 is 1.76. The first kappa shape index (κ1) is 20.3. The lowest BCUT2D eigenvalue weighted by Gasteiger charge is -2.25. The first-order valence-electron chi connectivity index (χ1n) is 7.50. The average molecular weight is 405 g/mol. The van der Waals surface area contributed by atoms with Crippen molar-refractivity contribution in [3.63, 3.8) is 0 Å². The first-order valence-corrected chi connectivity index (χ1v) is 9.44. The monoisotopic (exact) mass is 404 g/mol. The van der Waals surface area contributed by atoms with Crippen LogP contribution in [-0.4, -0.2) is 22.2 Å². The molecule has 0 saturated carbocycles. The van der Waals surface area contributed by atoms with Crippen LogP contribution in [0.4, 0.5) is 5.69 Å². The molecule has 0 aliphatic carbocycles. The van der Waals surface area contributed by atoms with Gasteiger partial charge in [0.2, 0.25) is 0 Å². The van der Waals surface area contributed by atoms with E-state index in [0.29, 0.717) is 12.1 Å². The lowest BCUT2D eigenvalue weighted by atomic mass is 10.0. The summed E-state index contributed by atoms with van der Waals surface area (Å²) in [7, 11) is 0. The van der Waals surface area contributed by atoms with Crippen LogP contribution in [-0.2, 0) is 21.1 Å². The van der Waals surface area contributed by atoms with Crippen molar-refractivity contribution in [2.75, 3.05) is 4.72 Å². The number of esters is 1. The van der Waals surface area contributed by atoms with Crippen LogP contribution in [0.2, 0.25) is 0 Å². The highest BCUT2D eigenvalue weighted by atomic mass is 79.9. The van der Waals surface area contributed by atoms with Crippen LogP contribution in [0.25, 0.3) is 0 Å². The normalized spacial score (nSPS) is 14.4. The minimum Gasteiger partial charge on any atom is -0.574 e. The highest BCUT2D eigenvalue weighted by Crippen LogP contribution is 2.17. The number of anilines is 1. The lowest BCUT2D eigenvalue weighted by Crippen LogP contribution is -2.46. The van der Waals surface area contributed by atoms with E-state index in [4.69, 9.17) is 4.74 Å². The van der Waals surface area contributed by atoms with Crippen LogP contribution in [0.3, 0.4) is 0 Å². The Hall–Kier alpha value is -0.760. The fraction of sp³-hybridized carbons (Fsp3) is 0.562. The molecule has 5 nitrogen and oxygen atoms in total. The van der Waals surface area contributed by atoms with E-state index >= 15 is 0 Å². The molecule has 0 aromatic heterocycles. The van der Waals surface area contributed by atoms with Crippen LogP contribution in [0, 0.1) is 5.92 Å². The molecule has 7 heteroatoms. The summed E-state index contributed by atoms with van der Waals surface area (Å²) in [6.45, 7) is 9.45. The van der Waals surface area contributed by atoms with E-state index in [0.717, 1.165) is 4.47 Å². The van der Waals surface area contributed by atoms with Gasteiger partial charge in [-0.05, 0) is 57.4 Å². The Morgan fingerprint density at radius 3 is 2.35 bits per heavy atom. The van der Waals surface area contributed by atoms with Crippen LogP contribution in [0.15, 0.2) is 28.7 Å². The van der Waals surface area contributed by atoms with Crippen LogP contribution in [0.1, 0.15) is 41.0 Å². The van der Waals surface area contributed by atoms with Gasteiger partial charge in [0, 0.05) is 4.47 Å². The molecular weight excluding hydrogens is 380 g/mol. The summed E-state index contributed by atoms with van der Waals surface area (Å²) in [5.41, 5.74) is 0.126. The molecule has 23 heavy (non-hydrogen) atoms. The second-order valence-corrected chi connectivity index (χ2v) is 8.60. The number of benzene rings is 1. The molecule has 0 fully saturated rings. The quantitative estimate of drug-likeness (QED) is 0.534. The topological polar surface area (TPSA) is 73.4 Å². The highest BCUT2D eigenvalue weighted by molar-refractivity contribution is 9.10. The fourth-order valence-electron chi connectivity index (χ4n) is 1.82. The number of hydrogen-bond donors (Lipinski definition) is 2. The predicted octanol–water partition coefficient (Wildman–Crippen LogP) is 3.79. The molecule has 0 amide bonds. The molecule has 0 saturated heterocycles. The molecule has 2 unspecified atom stereocenters. The van der Waals surface area contributed by atoms with Crippen molar-refractivity contribution in [1.29, 1.82) is 0 Å². The third-order valence-electron chi connectivity index (χ3n) is 2.70. The van der Waals surface area contributed by atoms with Crippen LogP contribution >= 0.6 is 15.9 Å². The summed E-state index contributed by atoms with van der Waals surface area (Å²) in [6, 6.07) is 6.67. The third kappa shape index (κ3) is 8.60. The standard InChI is InChI=1S/C16H25BrN2O3S/c1-11(2)10-14(15(20)22-16(3,4)5)19-23(21)18-13-8-6-12(17)7-9-13/h6-9,11,14,18-19H,10H2,1-5H3. The van der Waals surface area contributed by atoms with Crippen molar-refractivity contribution in [3.05, 3.63) is 28.7 Å². The molecule has 0 spiro atoms. The van der Waals surface area contributed by atoms with Gasteiger partial charge in [0.25, 0.3) is 0 Å². The minimum absolute atomic E-state index is 0.268. The Morgan fingerprint density at radius 2 is 1.87 bits per heavy atom. The molecule has 0 aliphatic heterocycles. The van der Waals surface area contributed by atoms with Gasteiger partial charge in [0.15, 0.2) is 17.6 Å². The Morgan fingerprint density at radius 1 is 1.30 bits per heavy atom. The van der Waals surface area contributed by atoms with Gasteiger partial charge < -0.3 is 9.29 Å². The van der Waals surface area contributed by atoms with Crippen molar-refractivity contribution in [2.24, 2.45) is 5.92 Å². The number of hydrogen-bond acceptors (Lipinski definition) is 5. The van der Waals surface area contributed by atoms with Crippen molar-refractivity contribution in [2.45, 2.75) is 52.7 Å². The van der Waals surface area contributed by atoms with Gasteiger partial charge in [-0.15, -0.1) is 4.72 Å². The predicted molar refractivity (Wildman–Crippen MR) is 98.1 cm³/mol. The fourth-order valence-corrected chi connectivity index (χ4v) is 2.94. The minimum atomic E-state index is -1.59. The highest BCUT2D eigenvalue weighted by Gasteiger charge is 2.30. The van der Waals surface area contributed by atoms with E-state index in [-0.39, 0.29) is 5.92 Å². The van der Waals surface area contributed by atoms with E-state index in [1.807, 2.05) is 46.8 Å². The summed E-state index contributed by atoms with van der Waals surface area (Å²) in [6.07, 6.45) is 0.544. The van der Waals surface area contributed by atoms with E-state index < -0.39 is 29.2 Å². The molecule has 1 aromatic carbocycles. The second-order valence-electron chi connectivity index (χ2n) is 6.71. The van der Waals surface area contributed by atoms with Gasteiger partial charge in [-0.2, -0.15) is 4.72 Å². The summed E-state index contributed by atoms with van der Waals surface area (Å²) in [5.74, 6) is -0.123. The van der Waals surface area contributed by atoms with E-state index in [9.17, 15) is 9.35 Å². The SMILES string of the molecule is CC(C)CC(N[S+]([O-])Nc1ccc(Br)cc1)C(=O)OC(C)(C)C. The summed E-state index contributed by atoms with van der Waals surface area (Å²) in [5, 5.41) is 0. The third-order valence-corrected chi connectivity index (χ3v) is 4.15. The zero-order valence-electron chi connectivity index (χ0n) is 14.2. The number of halogens is 1. The number of ether oxygens (including phenoxy) is 1. The second kappa shape index (κ2) is 8.92. The van der Waals surface area contributed by atoms with E-state index in [1.165, 1.54) is 0 Å². The Bertz CT molecular complexity index is 503. The molecule has 2 N–H and O–H groups in total. The molecule has 0 radical (unpaired) electrons. The zero-order chi connectivity index (χ0) is 17.6. The van der Waals surface area contributed by atoms with Gasteiger partial charge in [-0.1, -0.05) is 29.8 Å². The molecule has 2 atom stereocenters. The molecular formula is C16H25BrN2O3S. The molecule has 0 heterocycles. The van der Waals surface area contributed by atoms with E-state index in [2.05, 4.69) is 25.4 Å². The van der Waals surface area contributed by atoms with Crippen LogP contribution < -0.4 is 9.44 Å². The van der Waals surface area contributed by atoms with Gasteiger partial charge in [0.05, 0.1) is 5.69 Å². The van der Waals surface area contributed by atoms with Gasteiger partial charge >= 0.3 is 5.97 Å². The smallest absolute Gasteiger partial charge is 0.328 e. The summed E-state index contributed by atoms with van der Waals surface area (Å²) in [4.78, 5) is 12.3. The van der Waals surface area contributed by atoms with Crippen molar-refractivity contribution < 1.29 is 14.1 Å². The average Bonchev–Trinajstić information content (AvgIpc) is 2.38. The maximum atomic E-state index is 12.3. The van der Waals surface area contributed by atoms with Gasteiger partial charge in [-0.3, -0.25) is 4.79 Å². The summed E-state index contributed by atoms with van der Waals surface area (Å²) < 4.78 is 24.2. The van der Waals surface area contributed by atoms with Gasteiger partial charge in [-0.25, -0.2) is 0 Å². The van der Waals surface area contributed by atoms with E-state index in [1.54, 1.807) is 12.1 Å². The van der Waals surface area contributed by atoms with Gasteiger partial charge in [0.1, 0.15) is 5.60 Å². The Balaban J connectivity index is 2.68. The Labute approximate surface area is 150 Å². The van der Waals surface area contributed by atoms with Crippen LogP contribution in [0.5, 0.6) is 0 Å². The van der Waals surface area contributed by atoms with Crippen molar-refractivity contribution in [1.82, 2.24) is 4.72 Å². The number of rotatable bonds is 7. The van der Waals surface area contributed by atoms with Crippen molar-refractivity contribution in [3.8, 4) is 0 Å². The molecule has 1 aromatic rings. The molecule has 1 rings (SSSR count). The zero-order valence-corrected chi connectivity index (χ0v) is 16.6. The Kier molecular flexibility index (Phi) is 7.86. The maximum Gasteiger partial charge on any atom is 0.328 e. The first-order chi connectivity index (χ1) is 10.6. The number of carbonyl (C=O) groups is 1. The lowest BCUT2D eigenvalue weighted by molar-refractivity contribution is -0.157. The molecule has 0 aliphatic rings. The van der Waals surface area contributed by atoms with Crippen molar-refractivity contribution >= 4 is 39.1 Å². The molecule has 0 bridgehead atoms. The maximum absolute atomic E-state index is 12.3. The number of nitrogens with one attached hydrogen (secondary N) is 2. The largest absolute Gasteiger partial charge is 0.574 e. The molecule has 130 valence electrons. The number of carbonyl (C=O) groups excluding carboxylic acids is 1.